The van der Waals surface area contributed by atoms with Crippen LogP contribution in [0.15, 0.2) is 54.6 Å². The summed E-state index contributed by atoms with van der Waals surface area (Å²) < 4.78 is 17.6. The molecular formula is C34H38Cl2N2O5. The Balaban J connectivity index is 1.32. The van der Waals surface area contributed by atoms with Crippen LogP contribution < -0.4 is 9.47 Å². The average Bonchev–Trinajstić information content (AvgIpc) is 3.21. The average molecular weight is 626 g/mol. The maximum Gasteiger partial charge on any atom is 0.323 e. The third kappa shape index (κ3) is 7.11. The first-order chi connectivity index (χ1) is 20.7. The van der Waals surface area contributed by atoms with Gasteiger partial charge in [-0.25, -0.2) is 0 Å². The summed E-state index contributed by atoms with van der Waals surface area (Å²) in [6, 6.07) is 17.7. The Kier molecular flexibility index (Phi) is 9.85. The van der Waals surface area contributed by atoms with Crippen LogP contribution in [-0.4, -0.2) is 62.1 Å². The Hall–Kier alpha value is -3.26. The van der Waals surface area contributed by atoms with Gasteiger partial charge in [0.25, 0.3) is 0 Å². The molecule has 0 saturated heterocycles. The molecule has 3 aromatic rings. The van der Waals surface area contributed by atoms with E-state index in [1.807, 2.05) is 29.2 Å². The van der Waals surface area contributed by atoms with Crippen molar-refractivity contribution in [3.8, 4) is 11.5 Å². The summed E-state index contributed by atoms with van der Waals surface area (Å²) in [6.45, 7) is 3.34. The quantitative estimate of drug-likeness (QED) is 0.262. The molecule has 0 aromatic heterocycles. The molecule has 1 amide bonds. The standard InChI is InChI=1S/C34H38Cl2N2O5/c1-5-31(23-8-11-28(35)29(36)16-23)43-27-9-6-21(7-10-27)22-12-13-42-32-18-24-17-30(34(40)41-4)38(20-33(39)37(2)3)19-26(24)15-25(32)14-22/h6-11,15-16,18,22,30-31H,5,12-14,17,19-20H2,1-4H3/t22?,30-,31?/m0/s1. The zero-order valence-electron chi connectivity index (χ0n) is 25.1. The molecule has 0 aliphatic carbocycles. The van der Waals surface area contributed by atoms with Gasteiger partial charge in [-0.15, -0.1) is 0 Å². The summed E-state index contributed by atoms with van der Waals surface area (Å²) in [4.78, 5) is 28.7. The number of amides is 1. The fourth-order valence-corrected chi connectivity index (χ4v) is 6.22. The van der Waals surface area contributed by atoms with Crippen molar-refractivity contribution >= 4 is 35.1 Å². The van der Waals surface area contributed by atoms with Gasteiger partial charge in [-0.2, -0.15) is 0 Å². The minimum Gasteiger partial charge on any atom is -0.493 e. The maximum atomic E-state index is 12.6. The lowest BCUT2D eigenvalue weighted by molar-refractivity contribution is -0.148. The molecular weight excluding hydrogens is 587 g/mol. The number of carbonyl (C=O) groups is 2. The van der Waals surface area contributed by atoms with E-state index in [9.17, 15) is 9.59 Å². The predicted octanol–water partition coefficient (Wildman–Crippen LogP) is 6.62. The smallest absolute Gasteiger partial charge is 0.323 e. The number of fused-ring (bicyclic) bond motifs is 2. The minimum atomic E-state index is -0.511. The van der Waals surface area contributed by atoms with E-state index in [4.69, 9.17) is 37.4 Å². The second kappa shape index (κ2) is 13.6. The topological polar surface area (TPSA) is 68.3 Å². The highest BCUT2D eigenvalue weighted by Gasteiger charge is 2.35. The number of halogens is 2. The Morgan fingerprint density at radius 1 is 1.00 bits per heavy atom. The zero-order chi connectivity index (χ0) is 30.7. The summed E-state index contributed by atoms with van der Waals surface area (Å²) in [5.41, 5.74) is 5.54. The molecule has 0 spiro atoms. The number of rotatable bonds is 8. The van der Waals surface area contributed by atoms with Crippen molar-refractivity contribution < 1.29 is 23.8 Å². The number of carbonyl (C=O) groups excluding carboxylic acids is 2. The highest BCUT2D eigenvalue weighted by molar-refractivity contribution is 6.42. The number of likely N-dealkylation sites (N-methyl/N-ethyl adjacent to an activating group) is 1. The summed E-state index contributed by atoms with van der Waals surface area (Å²) in [5.74, 6) is 1.57. The van der Waals surface area contributed by atoms with Crippen LogP contribution >= 0.6 is 23.2 Å². The molecule has 2 aliphatic rings. The molecule has 2 unspecified atom stereocenters. The lowest BCUT2D eigenvalue weighted by atomic mass is 9.86. The van der Waals surface area contributed by atoms with E-state index < -0.39 is 6.04 Å². The van der Waals surface area contributed by atoms with Crippen molar-refractivity contribution in [1.82, 2.24) is 9.80 Å². The van der Waals surface area contributed by atoms with E-state index in [0.717, 1.165) is 53.0 Å². The van der Waals surface area contributed by atoms with E-state index >= 15 is 0 Å². The van der Waals surface area contributed by atoms with Crippen molar-refractivity contribution in [1.29, 1.82) is 0 Å². The van der Waals surface area contributed by atoms with Crippen molar-refractivity contribution in [2.75, 3.05) is 34.4 Å². The molecule has 7 nitrogen and oxygen atoms in total. The third-order valence-corrected chi connectivity index (χ3v) is 9.17. The Morgan fingerprint density at radius 3 is 2.44 bits per heavy atom. The van der Waals surface area contributed by atoms with E-state index in [1.54, 1.807) is 25.1 Å². The Morgan fingerprint density at radius 2 is 1.77 bits per heavy atom. The van der Waals surface area contributed by atoms with Crippen molar-refractivity contribution in [2.45, 2.75) is 57.2 Å². The van der Waals surface area contributed by atoms with Gasteiger partial charge in [0.1, 0.15) is 23.6 Å². The summed E-state index contributed by atoms with van der Waals surface area (Å²) >= 11 is 12.3. The maximum absolute atomic E-state index is 12.6. The monoisotopic (exact) mass is 624 g/mol. The highest BCUT2D eigenvalue weighted by Crippen LogP contribution is 2.38. The van der Waals surface area contributed by atoms with Gasteiger partial charge in [0, 0.05) is 20.6 Å². The lowest BCUT2D eigenvalue weighted by Gasteiger charge is -2.35. The van der Waals surface area contributed by atoms with Gasteiger partial charge >= 0.3 is 5.97 Å². The van der Waals surface area contributed by atoms with Crippen LogP contribution in [0.2, 0.25) is 10.0 Å². The molecule has 0 N–H and O–H groups in total. The molecule has 5 rings (SSSR count). The first kappa shape index (κ1) is 31.2. The molecule has 3 atom stereocenters. The summed E-state index contributed by atoms with van der Waals surface area (Å²) in [6.07, 6.45) is 2.86. The first-order valence-electron chi connectivity index (χ1n) is 14.7. The normalized spacial score (nSPS) is 18.8. The number of esters is 1. The van der Waals surface area contributed by atoms with Crippen LogP contribution in [0.1, 0.15) is 59.6 Å². The van der Waals surface area contributed by atoms with Crippen LogP contribution in [0.4, 0.5) is 0 Å². The number of hydrogen-bond donors (Lipinski definition) is 0. The largest absolute Gasteiger partial charge is 0.493 e. The fraction of sp³-hybridized carbons (Fsp3) is 0.412. The Bertz CT molecular complexity index is 1480. The SMILES string of the molecule is CCC(Oc1ccc(C2CCOc3cc4c(cc3C2)CN(CC(=O)N(C)C)[C@H](C(=O)OC)C4)cc1)c1ccc(Cl)c(Cl)c1. The van der Waals surface area contributed by atoms with Crippen LogP contribution in [0.3, 0.4) is 0 Å². The van der Waals surface area contributed by atoms with Crippen LogP contribution in [-0.2, 0) is 33.7 Å². The predicted molar refractivity (Wildman–Crippen MR) is 168 cm³/mol. The number of methoxy groups -OCH3 is 1. The molecule has 0 saturated carbocycles. The molecule has 228 valence electrons. The molecule has 0 bridgehead atoms. The van der Waals surface area contributed by atoms with Gasteiger partial charge in [-0.3, -0.25) is 14.5 Å². The van der Waals surface area contributed by atoms with Gasteiger partial charge in [0.15, 0.2) is 0 Å². The molecule has 3 aromatic carbocycles. The van der Waals surface area contributed by atoms with E-state index in [1.165, 1.54) is 12.7 Å². The number of benzene rings is 3. The van der Waals surface area contributed by atoms with Gasteiger partial charge in [-0.05, 0) is 89.8 Å². The van der Waals surface area contributed by atoms with Crippen LogP contribution in [0, 0.1) is 0 Å². The van der Waals surface area contributed by atoms with Crippen molar-refractivity contribution in [2.24, 2.45) is 0 Å². The Labute approximate surface area is 263 Å². The number of nitrogens with zero attached hydrogens (tertiary/aromatic N) is 2. The summed E-state index contributed by atoms with van der Waals surface area (Å²) in [5, 5.41) is 1.05. The fourth-order valence-electron chi connectivity index (χ4n) is 5.91. The first-order valence-corrected chi connectivity index (χ1v) is 15.4. The molecule has 0 fully saturated rings. The summed E-state index contributed by atoms with van der Waals surface area (Å²) in [7, 11) is 4.84. The van der Waals surface area contributed by atoms with Gasteiger partial charge < -0.3 is 19.1 Å². The molecule has 43 heavy (non-hydrogen) atoms. The molecule has 0 radical (unpaired) electrons. The second-order valence-electron chi connectivity index (χ2n) is 11.5. The highest BCUT2D eigenvalue weighted by atomic mass is 35.5. The van der Waals surface area contributed by atoms with Crippen LogP contribution in [0.25, 0.3) is 0 Å². The zero-order valence-corrected chi connectivity index (χ0v) is 26.6. The molecule has 9 heteroatoms. The van der Waals surface area contributed by atoms with E-state index in [0.29, 0.717) is 29.6 Å². The van der Waals surface area contributed by atoms with E-state index in [2.05, 4.69) is 31.2 Å². The van der Waals surface area contributed by atoms with Gasteiger partial charge in [0.2, 0.25) is 5.91 Å². The number of ether oxygens (including phenoxy) is 3. The lowest BCUT2D eigenvalue weighted by Crippen LogP contribution is -2.49. The molecule has 2 heterocycles. The van der Waals surface area contributed by atoms with Crippen LogP contribution in [0.5, 0.6) is 11.5 Å². The third-order valence-electron chi connectivity index (χ3n) is 8.43. The van der Waals surface area contributed by atoms with Gasteiger partial charge in [0.05, 0.1) is 30.3 Å². The van der Waals surface area contributed by atoms with E-state index in [-0.39, 0.29) is 30.4 Å². The minimum absolute atomic E-state index is 0.0508. The second-order valence-corrected chi connectivity index (χ2v) is 12.3. The van der Waals surface area contributed by atoms with Crippen molar-refractivity contribution in [3.63, 3.8) is 0 Å². The van der Waals surface area contributed by atoms with Crippen molar-refractivity contribution in [3.05, 3.63) is 92.5 Å². The molecule has 2 aliphatic heterocycles. The number of hydrogen-bond acceptors (Lipinski definition) is 6. The van der Waals surface area contributed by atoms with Gasteiger partial charge in [-0.1, -0.05) is 54.4 Å².